The van der Waals surface area contributed by atoms with Gasteiger partial charge in [0.25, 0.3) is 0 Å². The van der Waals surface area contributed by atoms with Crippen molar-refractivity contribution in [3.05, 3.63) is 95.6 Å². The number of rotatable bonds is 6. The Morgan fingerprint density at radius 2 is 1.06 bits per heavy atom. The third-order valence-corrected chi connectivity index (χ3v) is 4.82. The van der Waals surface area contributed by atoms with Gasteiger partial charge in [0.05, 0.1) is 24.6 Å². The van der Waals surface area contributed by atoms with Crippen molar-refractivity contribution in [1.29, 1.82) is 0 Å². The number of carbonyl (C=O) groups is 2. The molecule has 10 nitrogen and oxygen atoms in total. The number of hydrogen-bond acceptors (Lipinski definition) is 8. The second kappa shape index (κ2) is 12.7. The minimum Gasteiger partial charge on any atom is -0.461 e. The SMILES string of the molecule is CCOC(=O)c1nn(-c2ccc(-n3nccccc(C)c(C(=O)OCC)n3)cc2)nccccc1C. The summed E-state index contributed by atoms with van der Waals surface area (Å²) in [6.45, 7) is 7.48. The summed E-state index contributed by atoms with van der Waals surface area (Å²) < 4.78 is 10.3. The van der Waals surface area contributed by atoms with Crippen LogP contribution >= 0.6 is 0 Å². The summed E-state index contributed by atoms with van der Waals surface area (Å²) in [5, 5.41) is 17.5. The number of hydrogen-bond donors (Lipinski definition) is 0. The predicted molar refractivity (Wildman–Crippen MR) is 133 cm³/mol. The average Bonchev–Trinajstić information content (AvgIpc) is 3.02. The van der Waals surface area contributed by atoms with Gasteiger partial charge in [-0.05, 0) is 75.2 Å². The number of ether oxygens (including phenoxy) is 2. The van der Waals surface area contributed by atoms with Crippen molar-refractivity contribution in [2.24, 2.45) is 0 Å². The van der Waals surface area contributed by atoms with Crippen molar-refractivity contribution in [2.45, 2.75) is 27.7 Å². The summed E-state index contributed by atoms with van der Waals surface area (Å²) in [6, 6.07) is 17.5. The Morgan fingerprint density at radius 1 is 0.667 bits per heavy atom. The number of aromatic nitrogens is 6. The van der Waals surface area contributed by atoms with Gasteiger partial charge in [-0.15, -0.1) is 10.2 Å². The maximum absolute atomic E-state index is 12.5. The fraction of sp³-hybridized carbons (Fsp3) is 0.231. The number of aryl methyl sites for hydroxylation is 2. The number of nitrogens with zero attached hydrogens (tertiary/aromatic N) is 6. The van der Waals surface area contributed by atoms with Crippen LogP contribution in [-0.4, -0.2) is 55.1 Å². The van der Waals surface area contributed by atoms with Gasteiger partial charge in [-0.3, -0.25) is 0 Å². The van der Waals surface area contributed by atoms with E-state index in [2.05, 4.69) is 20.4 Å². The highest BCUT2D eigenvalue weighted by Crippen LogP contribution is 2.12. The van der Waals surface area contributed by atoms with Gasteiger partial charge in [0.15, 0.2) is 11.4 Å². The zero-order valence-electron chi connectivity index (χ0n) is 20.7. The van der Waals surface area contributed by atoms with E-state index in [1.165, 1.54) is 9.59 Å². The quantitative estimate of drug-likeness (QED) is 0.477. The minimum absolute atomic E-state index is 0.145. The van der Waals surface area contributed by atoms with Gasteiger partial charge >= 0.3 is 11.9 Å². The van der Waals surface area contributed by atoms with Crippen molar-refractivity contribution in [1.82, 2.24) is 30.0 Å². The summed E-state index contributed by atoms with van der Waals surface area (Å²) in [5.41, 5.74) is 2.73. The van der Waals surface area contributed by atoms with Gasteiger partial charge in [-0.2, -0.15) is 19.8 Å². The first-order chi connectivity index (χ1) is 17.4. The first-order valence-corrected chi connectivity index (χ1v) is 11.4. The molecule has 0 N–H and O–H groups in total. The molecule has 0 fully saturated rings. The second-order valence-electron chi connectivity index (χ2n) is 7.43. The highest BCUT2D eigenvalue weighted by Gasteiger charge is 2.13. The summed E-state index contributed by atoms with van der Waals surface area (Å²) in [4.78, 5) is 27.7. The van der Waals surface area contributed by atoms with Gasteiger partial charge < -0.3 is 9.47 Å². The molecule has 2 aromatic heterocycles. The highest BCUT2D eigenvalue weighted by atomic mass is 16.5. The molecule has 0 aliphatic rings. The molecule has 36 heavy (non-hydrogen) atoms. The zero-order valence-corrected chi connectivity index (χ0v) is 20.7. The normalized spacial score (nSPS) is 10.1. The number of carbonyl (C=O) groups excluding carboxylic acids is 2. The van der Waals surface area contributed by atoms with Crippen LogP contribution in [-0.2, 0) is 9.47 Å². The molecule has 0 spiro atoms. The van der Waals surface area contributed by atoms with Gasteiger partial charge in [-0.1, -0.05) is 24.3 Å². The van der Waals surface area contributed by atoms with Crippen molar-refractivity contribution < 1.29 is 19.1 Å². The van der Waals surface area contributed by atoms with E-state index >= 15 is 0 Å². The molecule has 0 bridgehead atoms. The fourth-order valence-electron chi connectivity index (χ4n) is 3.03. The first kappa shape index (κ1) is 26.0. The van der Waals surface area contributed by atoms with Crippen molar-refractivity contribution in [3.8, 4) is 11.4 Å². The average molecular weight is 489 g/mol. The summed E-state index contributed by atoms with van der Waals surface area (Å²) in [7, 11) is 0. The van der Waals surface area contributed by atoms with Crippen molar-refractivity contribution in [2.75, 3.05) is 13.2 Å². The number of benzene rings is 1. The van der Waals surface area contributed by atoms with Crippen LogP contribution < -0.4 is 0 Å². The Bertz CT molecular complexity index is 1230. The lowest BCUT2D eigenvalue weighted by molar-refractivity contribution is 0.0506. The Labute approximate surface area is 209 Å². The topological polar surface area (TPSA) is 114 Å². The molecule has 10 heteroatoms. The van der Waals surface area contributed by atoms with Gasteiger partial charge in [-0.25, -0.2) is 9.59 Å². The van der Waals surface area contributed by atoms with E-state index in [4.69, 9.17) is 9.47 Å². The maximum Gasteiger partial charge on any atom is 0.359 e. The van der Waals surface area contributed by atoms with Crippen molar-refractivity contribution >= 4 is 11.9 Å². The lowest BCUT2D eigenvalue weighted by Crippen LogP contribution is -2.14. The van der Waals surface area contributed by atoms with E-state index in [0.717, 1.165) is 0 Å². The molecule has 0 aliphatic carbocycles. The molecule has 3 aromatic rings. The van der Waals surface area contributed by atoms with E-state index in [9.17, 15) is 9.59 Å². The lowest BCUT2D eigenvalue weighted by Gasteiger charge is -2.08. The lowest BCUT2D eigenvalue weighted by atomic mass is 10.2. The Kier molecular flexibility index (Phi) is 9.21. The zero-order chi connectivity index (χ0) is 25.9. The van der Waals surface area contributed by atoms with E-state index < -0.39 is 11.9 Å². The molecular formula is C26H28N6O4. The molecule has 0 radical (unpaired) electrons. The standard InChI is InChI=1S/C26H28N6O4/c1-5-35-25(33)23-19(3)11-7-9-17-27-31(29-23)21-13-15-22(16-14-21)32-28-18-10-8-12-20(4)24(30-32)26(34)36-6-2/h7-18H,5-6H2,1-4H3. The Balaban J connectivity index is 2.12. The smallest absolute Gasteiger partial charge is 0.359 e. The van der Waals surface area contributed by atoms with Crippen LogP contribution in [0.25, 0.3) is 11.4 Å². The molecule has 0 saturated heterocycles. The molecule has 186 valence electrons. The molecular weight excluding hydrogens is 460 g/mol. The molecule has 0 atom stereocenters. The van der Waals surface area contributed by atoms with Crippen LogP contribution in [0.2, 0.25) is 0 Å². The van der Waals surface area contributed by atoms with E-state index in [1.54, 1.807) is 101 Å². The maximum atomic E-state index is 12.5. The van der Waals surface area contributed by atoms with Crippen LogP contribution in [0.4, 0.5) is 0 Å². The predicted octanol–water partition coefficient (Wildman–Crippen LogP) is 4.07. The minimum atomic E-state index is -0.540. The van der Waals surface area contributed by atoms with E-state index in [1.807, 2.05) is 0 Å². The molecule has 2 heterocycles. The van der Waals surface area contributed by atoms with Crippen LogP contribution in [0.5, 0.6) is 0 Å². The Morgan fingerprint density at radius 3 is 1.42 bits per heavy atom. The largest absolute Gasteiger partial charge is 0.461 e. The second-order valence-corrected chi connectivity index (χ2v) is 7.43. The third-order valence-electron chi connectivity index (χ3n) is 4.82. The third kappa shape index (κ3) is 6.72. The summed E-state index contributed by atoms with van der Waals surface area (Å²) >= 11 is 0. The summed E-state index contributed by atoms with van der Waals surface area (Å²) in [6.07, 6.45) is 3.14. The monoisotopic (exact) mass is 488 g/mol. The highest BCUT2D eigenvalue weighted by molar-refractivity contribution is 5.88. The molecule has 0 amide bonds. The van der Waals surface area contributed by atoms with Crippen molar-refractivity contribution in [3.63, 3.8) is 0 Å². The van der Waals surface area contributed by atoms with Gasteiger partial charge in [0, 0.05) is 12.4 Å². The van der Waals surface area contributed by atoms with E-state index in [-0.39, 0.29) is 24.6 Å². The Hall–Kier alpha value is -4.60. The van der Waals surface area contributed by atoms with E-state index in [0.29, 0.717) is 22.5 Å². The molecule has 3 rings (SSSR count). The molecule has 1 aromatic carbocycles. The fourth-order valence-corrected chi connectivity index (χ4v) is 3.03. The van der Waals surface area contributed by atoms with Crippen LogP contribution in [0.15, 0.2) is 73.1 Å². The molecule has 0 unspecified atom stereocenters. The van der Waals surface area contributed by atoms with Gasteiger partial charge in [0.1, 0.15) is 0 Å². The van der Waals surface area contributed by atoms with Crippen LogP contribution in [0, 0.1) is 13.8 Å². The van der Waals surface area contributed by atoms with Crippen LogP contribution in [0.3, 0.4) is 0 Å². The molecule has 0 saturated carbocycles. The first-order valence-electron chi connectivity index (χ1n) is 11.4. The molecule has 0 aliphatic heterocycles. The van der Waals surface area contributed by atoms with Crippen LogP contribution in [0.1, 0.15) is 46.0 Å². The summed E-state index contributed by atoms with van der Waals surface area (Å²) in [5.74, 6) is -1.08. The number of esters is 2. The van der Waals surface area contributed by atoms with Gasteiger partial charge in [0.2, 0.25) is 0 Å².